The lowest BCUT2D eigenvalue weighted by Gasteiger charge is -2.15. The van der Waals surface area contributed by atoms with Crippen LogP contribution in [0.4, 0.5) is 0 Å². The number of benzene rings is 2. The summed E-state index contributed by atoms with van der Waals surface area (Å²) in [5.74, 6) is 0. The highest BCUT2D eigenvalue weighted by Crippen LogP contribution is 2.31. The van der Waals surface area contributed by atoms with Gasteiger partial charge in [-0.15, -0.1) is 0 Å². The lowest BCUT2D eigenvalue weighted by molar-refractivity contribution is 0.652. The lowest BCUT2D eigenvalue weighted by Crippen LogP contribution is -2.12. The molecular weight excluding hydrogens is 266 g/mol. The number of halogens is 1. The highest BCUT2D eigenvalue weighted by Gasteiger charge is 2.10. The molecule has 0 saturated heterocycles. The topological polar surface area (TPSA) is 12.0 Å². The third-order valence-corrected chi connectivity index (χ3v) is 4.38. The molecule has 0 radical (unpaired) electrons. The van der Waals surface area contributed by atoms with E-state index in [0.717, 1.165) is 10.6 Å². The Hall–Kier alpha value is -1.31. The quantitative estimate of drug-likeness (QED) is 0.817. The Bertz CT molecular complexity index is 632. The van der Waals surface area contributed by atoms with E-state index in [1.807, 2.05) is 7.05 Å². The molecule has 2 aromatic rings. The highest BCUT2D eigenvalue weighted by molar-refractivity contribution is 6.31. The zero-order chi connectivity index (χ0) is 14.9. The zero-order valence-electron chi connectivity index (χ0n) is 12.8. The van der Waals surface area contributed by atoms with Gasteiger partial charge in [0, 0.05) is 11.1 Å². The first kappa shape index (κ1) is 15.1. The van der Waals surface area contributed by atoms with Crippen LogP contribution in [0.25, 0.3) is 11.1 Å². The van der Waals surface area contributed by atoms with Crippen LogP contribution in [0.3, 0.4) is 0 Å². The van der Waals surface area contributed by atoms with Gasteiger partial charge in [-0.3, -0.25) is 0 Å². The van der Waals surface area contributed by atoms with Gasteiger partial charge in [0.05, 0.1) is 0 Å². The van der Waals surface area contributed by atoms with E-state index in [-0.39, 0.29) is 6.04 Å². The maximum atomic E-state index is 6.44. The molecule has 2 rings (SSSR count). The van der Waals surface area contributed by atoms with Gasteiger partial charge < -0.3 is 5.32 Å². The molecule has 0 spiro atoms. The number of hydrogen-bond acceptors (Lipinski definition) is 1. The van der Waals surface area contributed by atoms with E-state index in [1.54, 1.807) is 0 Å². The van der Waals surface area contributed by atoms with Crippen molar-refractivity contribution in [3.63, 3.8) is 0 Å². The Labute approximate surface area is 127 Å². The van der Waals surface area contributed by atoms with Gasteiger partial charge in [-0.2, -0.15) is 0 Å². The predicted molar refractivity (Wildman–Crippen MR) is 88.6 cm³/mol. The van der Waals surface area contributed by atoms with Gasteiger partial charge in [0.2, 0.25) is 0 Å². The van der Waals surface area contributed by atoms with Gasteiger partial charge in [-0.1, -0.05) is 35.9 Å². The van der Waals surface area contributed by atoms with Gasteiger partial charge in [0.1, 0.15) is 0 Å². The molecule has 106 valence electrons. The maximum absolute atomic E-state index is 6.44. The molecule has 1 atom stereocenters. The second-order valence-corrected chi connectivity index (χ2v) is 5.91. The van der Waals surface area contributed by atoms with Crippen LogP contribution in [0.15, 0.2) is 30.3 Å². The summed E-state index contributed by atoms with van der Waals surface area (Å²) in [6, 6.07) is 11.1. The Kier molecular flexibility index (Phi) is 4.52. The van der Waals surface area contributed by atoms with E-state index < -0.39 is 0 Å². The Morgan fingerprint density at radius 2 is 1.60 bits per heavy atom. The van der Waals surface area contributed by atoms with Crippen LogP contribution in [-0.4, -0.2) is 7.05 Å². The van der Waals surface area contributed by atoms with Crippen LogP contribution in [0.5, 0.6) is 0 Å². The monoisotopic (exact) mass is 287 g/mol. The van der Waals surface area contributed by atoms with Crippen LogP contribution >= 0.6 is 11.6 Å². The predicted octanol–water partition coefficient (Wildman–Crippen LogP) is 5.21. The third-order valence-electron chi connectivity index (χ3n) is 4.05. The second kappa shape index (κ2) is 5.99. The molecule has 0 heterocycles. The van der Waals surface area contributed by atoms with Crippen molar-refractivity contribution in [2.24, 2.45) is 0 Å². The number of nitrogens with one attached hydrogen (secondary N) is 1. The molecule has 0 aliphatic carbocycles. The SMILES string of the molecule is CNC(C)c1ccc(-c2cc(C)c(C)cc2C)cc1Cl. The Balaban J connectivity index is 2.49. The fourth-order valence-electron chi connectivity index (χ4n) is 2.47. The van der Waals surface area contributed by atoms with Crippen molar-refractivity contribution in [2.75, 3.05) is 7.05 Å². The van der Waals surface area contributed by atoms with Crippen molar-refractivity contribution in [2.45, 2.75) is 33.7 Å². The number of rotatable bonds is 3. The van der Waals surface area contributed by atoms with Crippen molar-refractivity contribution >= 4 is 11.6 Å². The van der Waals surface area contributed by atoms with Crippen molar-refractivity contribution in [1.82, 2.24) is 5.32 Å². The molecule has 1 unspecified atom stereocenters. The van der Waals surface area contributed by atoms with E-state index >= 15 is 0 Å². The van der Waals surface area contributed by atoms with Crippen LogP contribution in [0.2, 0.25) is 5.02 Å². The Morgan fingerprint density at radius 1 is 0.950 bits per heavy atom. The van der Waals surface area contributed by atoms with Gasteiger partial charge in [-0.05, 0) is 74.2 Å². The van der Waals surface area contributed by atoms with E-state index in [9.17, 15) is 0 Å². The molecule has 0 saturated carbocycles. The zero-order valence-corrected chi connectivity index (χ0v) is 13.6. The Morgan fingerprint density at radius 3 is 2.20 bits per heavy atom. The first-order chi connectivity index (χ1) is 9.43. The third kappa shape index (κ3) is 2.89. The van der Waals surface area contributed by atoms with E-state index in [0.29, 0.717) is 0 Å². The minimum Gasteiger partial charge on any atom is -0.313 e. The molecule has 1 N–H and O–H groups in total. The highest BCUT2D eigenvalue weighted by atomic mass is 35.5. The largest absolute Gasteiger partial charge is 0.313 e. The summed E-state index contributed by atoms with van der Waals surface area (Å²) in [4.78, 5) is 0. The van der Waals surface area contributed by atoms with Gasteiger partial charge in [0.25, 0.3) is 0 Å². The lowest BCUT2D eigenvalue weighted by atomic mass is 9.94. The fourth-order valence-corrected chi connectivity index (χ4v) is 2.82. The van der Waals surface area contributed by atoms with E-state index in [2.05, 4.69) is 63.3 Å². The van der Waals surface area contributed by atoms with Crippen LogP contribution in [0.1, 0.15) is 35.2 Å². The molecule has 0 fully saturated rings. The molecule has 20 heavy (non-hydrogen) atoms. The molecule has 2 heteroatoms. The molecule has 0 bridgehead atoms. The van der Waals surface area contributed by atoms with Gasteiger partial charge >= 0.3 is 0 Å². The molecular formula is C18H22ClN. The van der Waals surface area contributed by atoms with E-state index in [4.69, 9.17) is 11.6 Å². The summed E-state index contributed by atoms with van der Waals surface area (Å²) in [6.45, 7) is 8.57. The number of hydrogen-bond donors (Lipinski definition) is 1. The molecule has 0 aromatic heterocycles. The van der Waals surface area contributed by atoms with Gasteiger partial charge in [0.15, 0.2) is 0 Å². The summed E-state index contributed by atoms with van der Waals surface area (Å²) in [5.41, 5.74) is 7.52. The summed E-state index contributed by atoms with van der Waals surface area (Å²) < 4.78 is 0. The molecule has 2 aromatic carbocycles. The first-order valence-corrected chi connectivity index (χ1v) is 7.36. The van der Waals surface area contributed by atoms with Crippen LogP contribution < -0.4 is 5.32 Å². The first-order valence-electron chi connectivity index (χ1n) is 6.99. The summed E-state index contributed by atoms with van der Waals surface area (Å²) in [5, 5.41) is 4.05. The number of aryl methyl sites for hydroxylation is 3. The second-order valence-electron chi connectivity index (χ2n) is 5.50. The van der Waals surface area contributed by atoms with E-state index in [1.165, 1.54) is 27.8 Å². The average molecular weight is 288 g/mol. The smallest absolute Gasteiger partial charge is 0.0459 e. The van der Waals surface area contributed by atoms with Crippen molar-refractivity contribution in [3.05, 3.63) is 57.6 Å². The minimum absolute atomic E-state index is 0.261. The van der Waals surface area contributed by atoms with Crippen LogP contribution in [-0.2, 0) is 0 Å². The summed E-state index contributed by atoms with van der Waals surface area (Å²) in [7, 11) is 1.95. The summed E-state index contributed by atoms with van der Waals surface area (Å²) >= 11 is 6.44. The van der Waals surface area contributed by atoms with Crippen LogP contribution in [0, 0.1) is 20.8 Å². The molecule has 0 aliphatic rings. The standard InChI is InChI=1S/C18H22ClN/c1-11-8-13(3)17(9-12(11)2)15-6-7-16(14(4)20-5)18(19)10-15/h6-10,14,20H,1-5H3. The van der Waals surface area contributed by atoms with Crippen molar-refractivity contribution in [3.8, 4) is 11.1 Å². The normalized spacial score (nSPS) is 12.5. The summed E-state index contributed by atoms with van der Waals surface area (Å²) in [6.07, 6.45) is 0. The van der Waals surface area contributed by atoms with Crippen molar-refractivity contribution < 1.29 is 0 Å². The average Bonchev–Trinajstić information content (AvgIpc) is 2.42. The van der Waals surface area contributed by atoms with Gasteiger partial charge in [-0.25, -0.2) is 0 Å². The molecule has 0 amide bonds. The molecule has 1 nitrogen and oxygen atoms in total. The minimum atomic E-state index is 0.261. The van der Waals surface area contributed by atoms with Crippen molar-refractivity contribution in [1.29, 1.82) is 0 Å². The maximum Gasteiger partial charge on any atom is 0.0459 e. The molecule has 0 aliphatic heterocycles. The fraction of sp³-hybridized carbons (Fsp3) is 0.333.